The van der Waals surface area contributed by atoms with Gasteiger partial charge in [-0.1, -0.05) is 30.3 Å². The van der Waals surface area contributed by atoms with Crippen molar-refractivity contribution in [2.75, 3.05) is 23.7 Å². The number of nitrogens with one attached hydrogen (secondary N) is 2. The minimum absolute atomic E-state index is 0.847. The Morgan fingerprint density at radius 2 is 1.80 bits per heavy atom. The third-order valence-electron chi connectivity index (χ3n) is 2.52. The number of hydrogen-bond acceptors (Lipinski definition) is 3. The van der Waals surface area contributed by atoms with Crippen molar-refractivity contribution in [2.45, 2.75) is 0 Å². The van der Waals surface area contributed by atoms with Gasteiger partial charge >= 0.3 is 0 Å². The summed E-state index contributed by atoms with van der Waals surface area (Å²) in [7, 11) is 0. The van der Waals surface area contributed by atoms with Gasteiger partial charge in [-0.3, -0.25) is 0 Å². The molecule has 0 fully saturated rings. The maximum Gasteiger partial charge on any atom is 0.217 e. The first kappa shape index (κ1) is 8.41. The summed E-state index contributed by atoms with van der Waals surface area (Å²) in [6, 6.07) is 12.2. The lowest BCUT2D eigenvalue weighted by Gasteiger charge is -2.13. The van der Waals surface area contributed by atoms with Crippen LogP contribution >= 0.6 is 0 Å². The Morgan fingerprint density at radius 3 is 2.60 bits per heavy atom. The normalized spacial score (nSPS) is 13.9. The largest absolute Gasteiger partial charge is 0.438 e. The molecule has 0 radical (unpaired) electrons. The van der Waals surface area contributed by atoms with E-state index in [-0.39, 0.29) is 0 Å². The summed E-state index contributed by atoms with van der Waals surface area (Å²) in [6.45, 7) is 1.86. The first-order chi connectivity index (χ1) is 7.43. The van der Waals surface area contributed by atoms with Crippen LogP contribution in [0.3, 0.4) is 0 Å². The zero-order chi connectivity index (χ0) is 10.1. The molecule has 15 heavy (non-hydrogen) atoms. The van der Waals surface area contributed by atoms with Crippen molar-refractivity contribution < 1.29 is 4.42 Å². The van der Waals surface area contributed by atoms with E-state index >= 15 is 0 Å². The summed E-state index contributed by atoms with van der Waals surface area (Å²) in [5.74, 6) is 1.75. The average Bonchev–Trinajstić information content (AvgIpc) is 2.74. The van der Waals surface area contributed by atoms with Gasteiger partial charge in [-0.2, -0.15) is 0 Å². The van der Waals surface area contributed by atoms with E-state index in [1.807, 2.05) is 36.4 Å². The van der Waals surface area contributed by atoms with Crippen LogP contribution < -0.4 is 10.6 Å². The molecule has 1 aromatic carbocycles. The molecule has 0 atom stereocenters. The van der Waals surface area contributed by atoms with Crippen LogP contribution in [-0.2, 0) is 0 Å². The van der Waals surface area contributed by atoms with Crippen molar-refractivity contribution in [1.29, 1.82) is 0 Å². The highest BCUT2D eigenvalue weighted by atomic mass is 16.4. The fourth-order valence-corrected chi connectivity index (χ4v) is 1.77. The van der Waals surface area contributed by atoms with Gasteiger partial charge in [-0.15, -0.1) is 0 Å². The Morgan fingerprint density at radius 1 is 1.00 bits per heavy atom. The summed E-state index contributed by atoms with van der Waals surface area (Å²) >= 11 is 0. The van der Waals surface area contributed by atoms with Crippen LogP contribution in [0.4, 0.5) is 11.6 Å². The molecular weight excluding hydrogens is 188 g/mol. The highest BCUT2D eigenvalue weighted by molar-refractivity contribution is 5.73. The molecule has 1 aliphatic rings. The van der Waals surface area contributed by atoms with E-state index in [0.717, 1.165) is 36.0 Å². The molecule has 76 valence electrons. The molecule has 3 rings (SSSR count). The van der Waals surface area contributed by atoms with Gasteiger partial charge in [0.05, 0.1) is 5.69 Å². The van der Waals surface area contributed by atoms with Crippen LogP contribution in [-0.4, -0.2) is 13.1 Å². The van der Waals surface area contributed by atoms with E-state index in [2.05, 4.69) is 10.6 Å². The van der Waals surface area contributed by atoms with Crippen molar-refractivity contribution >= 4 is 11.6 Å². The van der Waals surface area contributed by atoms with E-state index < -0.39 is 0 Å². The van der Waals surface area contributed by atoms with E-state index in [1.54, 1.807) is 0 Å². The minimum Gasteiger partial charge on any atom is -0.438 e. The van der Waals surface area contributed by atoms with E-state index in [4.69, 9.17) is 4.42 Å². The molecule has 0 saturated carbocycles. The number of furan rings is 1. The molecule has 2 heterocycles. The zero-order valence-corrected chi connectivity index (χ0v) is 8.29. The Balaban J connectivity index is 2.03. The average molecular weight is 200 g/mol. The molecule has 0 unspecified atom stereocenters. The van der Waals surface area contributed by atoms with E-state index in [1.165, 1.54) is 0 Å². The van der Waals surface area contributed by atoms with E-state index in [9.17, 15) is 0 Å². The predicted octanol–water partition coefficient (Wildman–Crippen LogP) is 2.78. The van der Waals surface area contributed by atoms with Gasteiger partial charge < -0.3 is 15.1 Å². The summed E-state index contributed by atoms with van der Waals surface area (Å²) in [4.78, 5) is 0. The van der Waals surface area contributed by atoms with Crippen LogP contribution in [0.5, 0.6) is 0 Å². The van der Waals surface area contributed by atoms with Crippen LogP contribution in [0.15, 0.2) is 40.8 Å². The molecule has 1 aromatic heterocycles. The van der Waals surface area contributed by atoms with E-state index in [0.29, 0.717) is 0 Å². The number of anilines is 2. The summed E-state index contributed by atoms with van der Waals surface area (Å²) in [5.41, 5.74) is 2.16. The van der Waals surface area contributed by atoms with Gasteiger partial charge in [0.1, 0.15) is 5.76 Å². The van der Waals surface area contributed by atoms with Crippen LogP contribution in [0, 0.1) is 0 Å². The number of benzene rings is 1. The first-order valence-corrected chi connectivity index (χ1v) is 5.10. The fourth-order valence-electron chi connectivity index (χ4n) is 1.77. The van der Waals surface area contributed by atoms with Crippen molar-refractivity contribution in [3.05, 3.63) is 36.4 Å². The molecule has 0 saturated heterocycles. The molecular formula is C12H12N2O. The maximum absolute atomic E-state index is 5.72. The Bertz CT molecular complexity index is 438. The van der Waals surface area contributed by atoms with Gasteiger partial charge in [0, 0.05) is 24.7 Å². The van der Waals surface area contributed by atoms with Gasteiger partial charge in [-0.05, 0) is 0 Å². The topological polar surface area (TPSA) is 37.2 Å². The van der Waals surface area contributed by atoms with Gasteiger partial charge in [0.15, 0.2) is 0 Å². The zero-order valence-electron chi connectivity index (χ0n) is 8.29. The van der Waals surface area contributed by atoms with Crippen LogP contribution in [0.1, 0.15) is 0 Å². The SMILES string of the molecule is c1ccc(-c2cc3c(o2)NCCN3)cc1. The van der Waals surface area contributed by atoms with Crippen molar-refractivity contribution in [3.63, 3.8) is 0 Å². The minimum atomic E-state index is 0.847. The molecule has 2 N–H and O–H groups in total. The molecule has 3 nitrogen and oxygen atoms in total. The van der Waals surface area contributed by atoms with Crippen molar-refractivity contribution in [2.24, 2.45) is 0 Å². The number of fused-ring (bicyclic) bond motifs is 1. The molecule has 3 heteroatoms. The third kappa shape index (κ3) is 1.46. The van der Waals surface area contributed by atoms with Crippen LogP contribution in [0.25, 0.3) is 11.3 Å². The predicted molar refractivity (Wildman–Crippen MR) is 61.1 cm³/mol. The fraction of sp³-hybridized carbons (Fsp3) is 0.167. The number of rotatable bonds is 1. The Labute approximate surface area is 88.1 Å². The molecule has 0 spiro atoms. The second kappa shape index (κ2) is 3.35. The smallest absolute Gasteiger partial charge is 0.217 e. The second-order valence-corrected chi connectivity index (χ2v) is 3.57. The standard InChI is InChI=1S/C12H12N2O/c1-2-4-9(5-3-1)11-8-10-12(15-11)14-7-6-13-10/h1-5,8,13-14H,6-7H2. The third-order valence-corrected chi connectivity index (χ3v) is 2.52. The molecule has 1 aliphatic heterocycles. The Kier molecular flexibility index (Phi) is 1.88. The maximum atomic E-state index is 5.72. The summed E-state index contributed by atoms with van der Waals surface area (Å²) in [6.07, 6.45) is 0. The molecule has 0 aliphatic carbocycles. The Hall–Kier alpha value is -1.90. The highest BCUT2D eigenvalue weighted by Gasteiger charge is 2.14. The summed E-state index contributed by atoms with van der Waals surface area (Å²) in [5, 5.41) is 6.52. The molecule has 2 aromatic rings. The van der Waals surface area contributed by atoms with Crippen molar-refractivity contribution in [3.8, 4) is 11.3 Å². The molecule has 0 bridgehead atoms. The highest BCUT2D eigenvalue weighted by Crippen LogP contribution is 2.33. The summed E-state index contributed by atoms with van der Waals surface area (Å²) < 4.78 is 5.72. The second-order valence-electron chi connectivity index (χ2n) is 3.57. The lowest BCUT2D eigenvalue weighted by atomic mass is 10.2. The van der Waals surface area contributed by atoms with Gasteiger partial charge in [0.25, 0.3) is 0 Å². The number of hydrogen-bond donors (Lipinski definition) is 2. The lowest BCUT2D eigenvalue weighted by Crippen LogP contribution is -2.18. The van der Waals surface area contributed by atoms with Crippen LogP contribution in [0.2, 0.25) is 0 Å². The van der Waals surface area contributed by atoms with Crippen molar-refractivity contribution in [1.82, 2.24) is 0 Å². The lowest BCUT2D eigenvalue weighted by molar-refractivity contribution is 0.592. The first-order valence-electron chi connectivity index (χ1n) is 5.10. The monoisotopic (exact) mass is 200 g/mol. The van der Waals surface area contributed by atoms with Gasteiger partial charge in [0.2, 0.25) is 5.88 Å². The molecule has 0 amide bonds. The van der Waals surface area contributed by atoms with Gasteiger partial charge in [-0.25, -0.2) is 0 Å². The quantitative estimate of drug-likeness (QED) is 0.743.